The first-order valence-corrected chi connectivity index (χ1v) is 9.93. The predicted molar refractivity (Wildman–Crippen MR) is 105 cm³/mol. The molecule has 0 aliphatic heterocycles. The number of anilines is 1. The first-order chi connectivity index (χ1) is 13.2. The second-order valence-electron chi connectivity index (χ2n) is 7.90. The lowest BCUT2D eigenvalue weighted by Crippen LogP contribution is -2.25. The number of nitrogens with zero attached hydrogens (tertiary/aromatic N) is 3. The molecule has 5 nitrogen and oxygen atoms in total. The second kappa shape index (κ2) is 6.77. The van der Waals surface area contributed by atoms with Crippen LogP contribution in [0.5, 0.6) is 0 Å². The third-order valence-corrected chi connectivity index (χ3v) is 5.30. The van der Waals surface area contributed by atoms with E-state index in [4.69, 9.17) is 0 Å². The van der Waals surface area contributed by atoms with Gasteiger partial charge in [-0.05, 0) is 51.8 Å². The summed E-state index contributed by atoms with van der Waals surface area (Å²) in [6.45, 7) is 6.14. The van der Waals surface area contributed by atoms with Crippen LogP contribution < -0.4 is 5.32 Å². The van der Waals surface area contributed by atoms with Crippen LogP contribution in [0.4, 0.5) is 13.9 Å². The summed E-state index contributed by atoms with van der Waals surface area (Å²) in [6, 6.07) is 5.47. The summed E-state index contributed by atoms with van der Waals surface area (Å²) in [5.41, 5.74) is 1.09. The number of amides is 1. The van der Waals surface area contributed by atoms with Crippen LogP contribution in [0, 0.1) is 11.6 Å². The standard InChI is InChI=1S/C20H20F2N4OS/c1-20(2,3)26-16(11-7-8-11)9-14(25-26)18(27)24-19-23-15(10-28-19)17-12(21)5-4-6-13(17)22/h4-6,9-11H,7-8H2,1-3H3,(H,23,24,27). The van der Waals surface area contributed by atoms with E-state index < -0.39 is 11.6 Å². The molecule has 0 spiro atoms. The summed E-state index contributed by atoms with van der Waals surface area (Å²) in [4.78, 5) is 16.8. The van der Waals surface area contributed by atoms with Crippen molar-refractivity contribution < 1.29 is 13.6 Å². The maximum atomic E-state index is 13.9. The summed E-state index contributed by atoms with van der Waals surface area (Å²) >= 11 is 1.11. The van der Waals surface area contributed by atoms with E-state index in [1.165, 1.54) is 23.6 Å². The Hall–Kier alpha value is -2.61. The zero-order valence-electron chi connectivity index (χ0n) is 15.8. The van der Waals surface area contributed by atoms with E-state index >= 15 is 0 Å². The molecular formula is C20H20F2N4OS. The molecule has 1 saturated carbocycles. The maximum absolute atomic E-state index is 13.9. The van der Waals surface area contributed by atoms with Crippen LogP contribution in [0.3, 0.4) is 0 Å². The number of benzene rings is 1. The first kappa shape index (κ1) is 18.7. The molecule has 4 rings (SSSR count). The summed E-state index contributed by atoms with van der Waals surface area (Å²) in [6.07, 6.45) is 2.21. The highest BCUT2D eigenvalue weighted by Crippen LogP contribution is 2.41. The number of hydrogen-bond acceptors (Lipinski definition) is 4. The van der Waals surface area contributed by atoms with Gasteiger partial charge in [-0.2, -0.15) is 5.10 Å². The monoisotopic (exact) mass is 402 g/mol. The Morgan fingerprint density at radius 1 is 1.25 bits per heavy atom. The number of hydrogen-bond donors (Lipinski definition) is 1. The summed E-state index contributed by atoms with van der Waals surface area (Å²) in [5.74, 6) is -1.33. The third kappa shape index (κ3) is 3.56. The average molecular weight is 402 g/mol. The molecule has 1 aromatic carbocycles. The normalized spacial score (nSPS) is 14.3. The first-order valence-electron chi connectivity index (χ1n) is 9.06. The minimum Gasteiger partial charge on any atom is -0.296 e. The topological polar surface area (TPSA) is 59.8 Å². The largest absolute Gasteiger partial charge is 0.296 e. The minimum atomic E-state index is -0.693. The number of carbonyl (C=O) groups excluding carboxylic acids is 1. The molecule has 1 amide bonds. The van der Waals surface area contributed by atoms with Gasteiger partial charge in [0.15, 0.2) is 10.8 Å². The van der Waals surface area contributed by atoms with Crippen molar-refractivity contribution in [2.24, 2.45) is 0 Å². The van der Waals surface area contributed by atoms with Crippen molar-refractivity contribution in [1.82, 2.24) is 14.8 Å². The van der Waals surface area contributed by atoms with Gasteiger partial charge in [-0.1, -0.05) is 6.07 Å². The molecule has 1 N–H and O–H groups in total. The number of aromatic nitrogens is 3. The molecule has 0 unspecified atom stereocenters. The van der Waals surface area contributed by atoms with Crippen molar-refractivity contribution in [2.45, 2.75) is 45.1 Å². The maximum Gasteiger partial charge on any atom is 0.277 e. The fourth-order valence-corrected chi connectivity index (χ4v) is 3.76. The van der Waals surface area contributed by atoms with Gasteiger partial charge in [0.2, 0.25) is 0 Å². The highest BCUT2D eigenvalue weighted by Gasteiger charge is 2.32. The number of halogens is 2. The highest BCUT2D eigenvalue weighted by molar-refractivity contribution is 7.14. The molecular weight excluding hydrogens is 382 g/mol. The van der Waals surface area contributed by atoms with Gasteiger partial charge in [0.25, 0.3) is 5.91 Å². The fourth-order valence-electron chi connectivity index (χ4n) is 3.06. The predicted octanol–water partition coefficient (Wildman–Crippen LogP) is 5.17. The lowest BCUT2D eigenvalue weighted by molar-refractivity contribution is 0.102. The van der Waals surface area contributed by atoms with Gasteiger partial charge in [-0.25, -0.2) is 13.8 Å². The number of carbonyl (C=O) groups is 1. The molecule has 0 radical (unpaired) electrons. The molecule has 2 aromatic heterocycles. The number of thiazole rings is 1. The molecule has 0 atom stereocenters. The van der Waals surface area contributed by atoms with Crippen molar-refractivity contribution in [3.8, 4) is 11.3 Å². The average Bonchev–Trinajstić information content (AvgIpc) is 3.18. The van der Waals surface area contributed by atoms with Crippen LogP contribution in [-0.2, 0) is 5.54 Å². The number of nitrogens with one attached hydrogen (secondary N) is 1. The van der Waals surface area contributed by atoms with Crippen molar-refractivity contribution in [1.29, 1.82) is 0 Å². The van der Waals surface area contributed by atoms with E-state index in [1.54, 1.807) is 0 Å². The quantitative estimate of drug-likeness (QED) is 0.655. The Bertz CT molecular complexity index is 1030. The van der Waals surface area contributed by atoms with E-state index in [9.17, 15) is 13.6 Å². The molecule has 2 heterocycles. The summed E-state index contributed by atoms with van der Waals surface area (Å²) < 4.78 is 29.8. The minimum absolute atomic E-state index is 0.148. The second-order valence-corrected chi connectivity index (χ2v) is 8.76. The van der Waals surface area contributed by atoms with E-state index in [0.29, 0.717) is 11.6 Å². The van der Waals surface area contributed by atoms with E-state index in [2.05, 4.69) is 15.4 Å². The molecule has 1 aliphatic rings. The molecule has 1 aliphatic carbocycles. The van der Waals surface area contributed by atoms with Crippen LogP contribution in [0.1, 0.15) is 55.7 Å². The van der Waals surface area contributed by atoms with E-state index in [-0.39, 0.29) is 27.8 Å². The van der Waals surface area contributed by atoms with Gasteiger partial charge in [-0.3, -0.25) is 14.8 Å². The Balaban J connectivity index is 1.58. The molecule has 1 fully saturated rings. The van der Waals surface area contributed by atoms with Crippen molar-refractivity contribution in [3.63, 3.8) is 0 Å². The fraction of sp³-hybridized carbons (Fsp3) is 0.350. The van der Waals surface area contributed by atoms with Gasteiger partial charge >= 0.3 is 0 Å². The highest BCUT2D eigenvalue weighted by atomic mass is 32.1. The van der Waals surface area contributed by atoms with Crippen LogP contribution in [0.2, 0.25) is 0 Å². The molecule has 0 bridgehead atoms. The van der Waals surface area contributed by atoms with Crippen LogP contribution in [-0.4, -0.2) is 20.7 Å². The number of rotatable bonds is 4. The Kier molecular flexibility index (Phi) is 4.53. The van der Waals surface area contributed by atoms with Crippen molar-refractivity contribution in [2.75, 3.05) is 5.32 Å². The molecule has 3 aromatic rings. The molecule has 28 heavy (non-hydrogen) atoms. The zero-order chi connectivity index (χ0) is 20.1. The SMILES string of the molecule is CC(C)(C)n1nc(C(=O)Nc2nc(-c3c(F)cccc3F)cs2)cc1C1CC1. The van der Waals surface area contributed by atoms with Gasteiger partial charge < -0.3 is 0 Å². The van der Waals surface area contributed by atoms with Crippen LogP contribution >= 0.6 is 11.3 Å². The summed E-state index contributed by atoms with van der Waals surface area (Å²) in [5, 5.41) is 8.96. The zero-order valence-corrected chi connectivity index (χ0v) is 16.6. The van der Waals surface area contributed by atoms with Gasteiger partial charge in [-0.15, -0.1) is 11.3 Å². The van der Waals surface area contributed by atoms with Gasteiger partial charge in [0.05, 0.1) is 16.8 Å². The van der Waals surface area contributed by atoms with Gasteiger partial charge in [0, 0.05) is 17.0 Å². The van der Waals surface area contributed by atoms with Crippen LogP contribution in [0.15, 0.2) is 29.6 Å². The van der Waals surface area contributed by atoms with E-state index in [0.717, 1.165) is 29.9 Å². The Morgan fingerprint density at radius 2 is 1.93 bits per heavy atom. The van der Waals surface area contributed by atoms with Crippen molar-refractivity contribution in [3.05, 3.63) is 52.7 Å². The molecule has 146 valence electrons. The molecule has 8 heteroatoms. The lowest BCUT2D eigenvalue weighted by atomic mass is 10.1. The Morgan fingerprint density at radius 3 is 2.54 bits per heavy atom. The van der Waals surface area contributed by atoms with Crippen LogP contribution in [0.25, 0.3) is 11.3 Å². The van der Waals surface area contributed by atoms with Crippen molar-refractivity contribution >= 4 is 22.4 Å². The van der Waals surface area contributed by atoms with E-state index in [1.807, 2.05) is 31.5 Å². The molecule has 0 saturated heterocycles. The van der Waals surface area contributed by atoms with Gasteiger partial charge in [0.1, 0.15) is 11.6 Å². The lowest BCUT2D eigenvalue weighted by Gasteiger charge is -2.22. The third-order valence-electron chi connectivity index (χ3n) is 4.54. The summed E-state index contributed by atoms with van der Waals surface area (Å²) in [7, 11) is 0. The Labute approximate surface area is 165 Å². The smallest absolute Gasteiger partial charge is 0.277 e.